The summed E-state index contributed by atoms with van der Waals surface area (Å²) >= 11 is 0. The van der Waals surface area contributed by atoms with Crippen molar-refractivity contribution in [2.75, 3.05) is 0 Å². The Hall–Kier alpha value is -2.17. The number of amides is 1. The number of hydrogen-bond donors (Lipinski definition) is 3. The molecule has 2 aromatic carbocycles. The van der Waals surface area contributed by atoms with E-state index in [0.29, 0.717) is 11.1 Å². The summed E-state index contributed by atoms with van der Waals surface area (Å²) in [5, 5.41) is 10.9. The average Bonchev–Trinajstić information content (AvgIpc) is 2.48. The fourth-order valence-electron chi connectivity index (χ4n) is 2.08. The second-order valence-corrected chi connectivity index (χ2v) is 4.34. The highest BCUT2D eigenvalue weighted by atomic mass is 16.3. The topological polar surface area (TPSA) is 75.3 Å². The van der Waals surface area contributed by atoms with Crippen molar-refractivity contribution < 1.29 is 9.90 Å². The smallest absolute Gasteiger partial charge is 0.237 e. The summed E-state index contributed by atoms with van der Waals surface area (Å²) in [5.74, 6) is 4.70. The molecule has 2 rings (SSSR count). The van der Waals surface area contributed by atoms with Gasteiger partial charge in [-0.2, -0.15) is 0 Å². The van der Waals surface area contributed by atoms with E-state index in [1.807, 2.05) is 36.4 Å². The zero-order valence-corrected chi connectivity index (χ0v) is 10.4. The highest BCUT2D eigenvalue weighted by Crippen LogP contribution is 2.32. The van der Waals surface area contributed by atoms with Crippen LogP contribution in [0.4, 0.5) is 0 Å². The van der Waals surface area contributed by atoms with Crippen molar-refractivity contribution >= 4 is 5.91 Å². The molecule has 0 aromatic heterocycles. The number of hydrogen-bond acceptors (Lipinski definition) is 3. The minimum absolute atomic E-state index is 0.127. The third kappa shape index (κ3) is 2.81. The van der Waals surface area contributed by atoms with Crippen LogP contribution in [0.2, 0.25) is 0 Å². The van der Waals surface area contributed by atoms with Gasteiger partial charge in [-0.1, -0.05) is 60.7 Å². The molecule has 4 N–H and O–H groups in total. The molecule has 4 heteroatoms. The van der Waals surface area contributed by atoms with Gasteiger partial charge in [-0.3, -0.25) is 10.2 Å². The predicted molar refractivity (Wildman–Crippen MR) is 72.8 cm³/mol. The molecule has 19 heavy (non-hydrogen) atoms. The summed E-state index contributed by atoms with van der Waals surface area (Å²) in [7, 11) is 0. The monoisotopic (exact) mass is 256 g/mol. The Morgan fingerprint density at radius 3 is 1.79 bits per heavy atom. The zero-order valence-electron chi connectivity index (χ0n) is 10.4. The van der Waals surface area contributed by atoms with Crippen LogP contribution < -0.4 is 11.3 Å². The van der Waals surface area contributed by atoms with Gasteiger partial charge in [0, 0.05) is 0 Å². The van der Waals surface area contributed by atoms with Gasteiger partial charge in [-0.25, -0.2) is 5.84 Å². The minimum atomic E-state index is -1.38. The molecule has 0 saturated heterocycles. The summed E-state index contributed by atoms with van der Waals surface area (Å²) < 4.78 is 0. The first-order valence-corrected chi connectivity index (χ1v) is 5.99. The summed E-state index contributed by atoms with van der Waals surface area (Å²) in [4.78, 5) is 11.6. The number of aliphatic hydroxyl groups is 1. The molecular weight excluding hydrogens is 240 g/mol. The number of carbonyl (C=O) groups excluding carboxylic acids is 1. The van der Waals surface area contributed by atoms with Gasteiger partial charge >= 0.3 is 0 Å². The predicted octanol–water partition coefficient (Wildman–Crippen LogP) is 1.30. The highest BCUT2D eigenvalue weighted by Gasteiger charge is 2.33. The van der Waals surface area contributed by atoms with Gasteiger partial charge in [0.15, 0.2) is 0 Å². The molecule has 0 atom stereocenters. The molecule has 0 unspecified atom stereocenters. The number of rotatable bonds is 4. The second-order valence-electron chi connectivity index (χ2n) is 4.34. The van der Waals surface area contributed by atoms with Crippen molar-refractivity contribution in [2.24, 2.45) is 5.84 Å². The molecule has 0 bridgehead atoms. The quantitative estimate of drug-likeness (QED) is 0.438. The van der Waals surface area contributed by atoms with Gasteiger partial charge in [0.05, 0.1) is 6.42 Å². The Bertz CT molecular complexity index is 501. The third-order valence-corrected chi connectivity index (χ3v) is 3.08. The lowest BCUT2D eigenvalue weighted by Gasteiger charge is -2.28. The largest absolute Gasteiger partial charge is 0.380 e. The maximum Gasteiger partial charge on any atom is 0.237 e. The summed E-state index contributed by atoms with van der Waals surface area (Å²) in [6.07, 6.45) is -0.127. The summed E-state index contributed by atoms with van der Waals surface area (Å²) in [5.41, 5.74) is 1.99. The SMILES string of the molecule is NNC(=O)CC(O)(c1ccccc1)c1ccccc1. The maximum absolute atomic E-state index is 11.6. The van der Waals surface area contributed by atoms with Crippen LogP contribution in [-0.4, -0.2) is 11.0 Å². The molecule has 1 amide bonds. The van der Waals surface area contributed by atoms with Gasteiger partial charge in [-0.05, 0) is 11.1 Å². The van der Waals surface area contributed by atoms with Gasteiger partial charge in [0.2, 0.25) is 5.91 Å². The van der Waals surface area contributed by atoms with Gasteiger partial charge in [0.1, 0.15) is 5.60 Å². The lowest BCUT2D eigenvalue weighted by Crippen LogP contribution is -2.38. The number of nitrogens with one attached hydrogen (secondary N) is 1. The van der Waals surface area contributed by atoms with Crippen molar-refractivity contribution in [3.8, 4) is 0 Å². The molecule has 0 heterocycles. The van der Waals surface area contributed by atoms with Gasteiger partial charge < -0.3 is 5.11 Å². The molecular formula is C15H16N2O2. The van der Waals surface area contributed by atoms with Crippen LogP contribution >= 0.6 is 0 Å². The van der Waals surface area contributed by atoms with E-state index in [1.165, 1.54) is 0 Å². The van der Waals surface area contributed by atoms with Crippen LogP contribution in [0, 0.1) is 0 Å². The van der Waals surface area contributed by atoms with Crippen molar-refractivity contribution in [1.82, 2.24) is 5.43 Å². The molecule has 0 spiro atoms. The first kappa shape index (κ1) is 13.3. The van der Waals surface area contributed by atoms with Gasteiger partial charge in [0.25, 0.3) is 0 Å². The van der Waals surface area contributed by atoms with Crippen molar-refractivity contribution in [3.63, 3.8) is 0 Å². The van der Waals surface area contributed by atoms with Crippen LogP contribution in [0.5, 0.6) is 0 Å². The normalized spacial score (nSPS) is 11.1. The first-order valence-electron chi connectivity index (χ1n) is 5.99. The second kappa shape index (κ2) is 5.65. The molecule has 0 fully saturated rings. The van der Waals surface area contributed by atoms with Crippen LogP contribution in [0.3, 0.4) is 0 Å². The third-order valence-electron chi connectivity index (χ3n) is 3.08. The van der Waals surface area contributed by atoms with E-state index in [2.05, 4.69) is 5.43 Å². The molecule has 0 aliphatic carbocycles. The Labute approximate surface area is 111 Å². The zero-order chi connectivity index (χ0) is 13.7. The fourth-order valence-corrected chi connectivity index (χ4v) is 2.08. The molecule has 0 radical (unpaired) electrons. The molecule has 0 saturated carbocycles. The van der Waals surface area contributed by atoms with Crippen LogP contribution in [0.1, 0.15) is 17.5 Å². The van der Waals surface area contributed by atoms with Crippen molar-refractivity contribution in [1.29, 1.82) is 0 Å². The van der Waals surface area contributed by atoms with E-state index in [4.69, 9.17) is 5.84 Å². The molecule has 0 aliphatic heterocycles. The maximum atomic E-state index is 11.6. The number of nitrogens with two attached hydrogens (primary N) is 1. The van der Waals surface area contributed by atoms with Crippen LogP contribution in [0.25, 0.3) is 0 Å². The number of hydrazine groups is 1. The molecule has 0 aliphatic rings. The van der Waals surface area contributed by atoms with Crippen molar-refractivity contribution in [3.05, 3.63) is 71.8 Å². The fraction of sp³-hybridized carbons (Fsp3) is 0.133. The highest BCUT2D eigenvalue weighted by molar-refractivity contribution is 5.77. The van der Waals surface area contributed by atoms with Crippen LogP contribution in [-0.2, 0) is 10.4 Å². The average molecular weight is 256 g/mol. The van der Waals surface area contributed by atoms with Gasteiger partial charge in [-0.15, -0.1) is 0 Å². The molecule has 98 valence electrons. The Morgan fingerprint density at radius 1 is 1.00 bits per heavy atom. The van der Waals surface area contributed by atoms with E-state index in [1.54, 1.807) is 24.3 Å². The lowest BCUT2D eigenvalue weighted by molar-refractivity contribution is -0.125. The summed E-state index contributed by atoms with van der Waals surface area (Å²) in [6, 6.07) is 18.2. The van der Waals surface area contributed by atoms with E-state index in [0.717, 1.165) is 0 Å². The van der Waals surface area contributed by atoms with Crippen molar-refractivity contribution in [2.45, 2.75) is 12.0 Å². The number of benzene rings is 2. The lowest BCUT2D eigenvalue weighted by atomic mass is 9.83. The minimum Gasteiger partial charge on any atom is -0.380 e. The Kier molecular flexibility index (Phi) is 3.94. The first-order chi connectivity index (χ1) is 9.16. The molecule has 4 nitrogen and oxygen atoms in total. The Morgan fingerprint density at radius 2 is 1.42 bits per heavy atom. The van der Waals surface area contributed by atoms with E-state index >= 15 is 0 Å². The molecule has 2 aromatic rings. The van der Waals surface area contributed by atoms with E-state index in [-0.39, 0.29) is 6.42 Å². The van der Waals surface area contributed by atoms with Crippen LogP contribution in [0.15, 0.2) is 60.7 Å². The number of carbonyl (C=O) groups is 1. The standard InChI is InChI=1S/C15H16N2O2/c16-17-14(18)11-15(19,12-7-3-1-4-8-12)13-9-5-2-6-10-13/h1-10,19H,11,16H2,(H,17,18). The summed E-state index contributed by atoms with van der Waals surface area (Å²) in [6.45, 7) is 0. The Balaban J connectivity index is 2.47. The van der Waals surface area contributed by atoms with E-state index < -0.39 is 11.5 Å². The van der Waals surface area contributed by atoms with E-state index in [9.17, 15) is 9.90 Å².